The highest BCUT2D eigenvalue weighted by atomic mass is 32.2. The molecule has 0 rings (SSSR count). The van der Waals surface area contributed by atoms with Crippen molar-refractivity contribution in [2.24, 2.45) is 5.73 Å². The zero-order valence-corrected chi connectivity index (χ0v) is 9.44. The molecule has 0 saturated carbocycles. The lowest BCUT2D eigenvalue weighted by Crippen LogP contribution is -2.28. The van der Waals surface area contributed by atoms with Crippen LogP contribution < -0.4 is 5.73 Å². The fourth-order valence-corrected chi connectivity index (χ4v) is 2.25. The lowest BCUT2D eigenvalue weighted by atomic mass is 10.1. The van der Waals surface area contributed by atoms with Gasteiger partial charge in [0, 0.05) is 12.3 Å². The molecule has 0 heterocycles. The quantitative estimate of drug-likeness (QED) is 0.641. The summed E-state index contributed by atoms with van der Waals surface area (Å²) >= 11 is 0. The summed E-state index contributed by atoms with van der Waals surface area (Å²) < 4.78 is 21.7. The van der Waals surface area contributed by atoms with Crippen molar-refractivity contribution in [2.75, 3.05) is 12.0 Å². The highest BCUT2D eigenvalue weighted by molar-refractivity contribution is 7.90. The van der Waals surface area contributed by atoms with Crippen LogP contribution in [0.4, 0.5) is 0 Å². The van der Waals surface area contributed by atoms with Crippen molar-refractivity contribution < 1.29 is 8.42 Å². The number of nitrogens with two attached hydrogens (primary N) is 1. The highest BCUT2D eigenvalue weighted by Gasteiger charge is 2.09. The van der Waals surface area contributed by atoms with Crippen molar-refractivity contribution >= 4 is 9.84 Å². The monoisotopic (exact) mass is 207 g/mol. The molecule has 4 heteroatoms. The molecule has 80 valence electrons. The van der Waals surface area contributed by atoms with Crippen LogP contribution in [0.2, 0.25) is 0 Å². The zero-order chi connectivity index (χ0) is 10.3. The van der Waals surface area contributed by atoms with Crippen LogP contribution in [0.3, 0.4) is 0 Å². The molecule has 0 amide bonds. The fourth-order valence-electron chi connectivity index (χ4n) is 1.31. The minimum Gasteiger partial charge on any atom is -0.327 e. The van der Waals surface area contributed by atoms with Crippen LogP contribution in [0.5, 0.6) is 0 Å². The number of rotatable bonds is 7. The lowest BCUT2D eigenvalue weighted by molar-refractivity contribution is 0.558. The van der Waals surface area contributed by atoms with E-state index in [2.05, 4.69) is 6.92 Å². The van der Waals surface area contributed by atoms with Gasteiger partial charge in [-0.3, -0.25) is 0 Å². The summed E-state index contributed by atoms with van der Waals surface area (Å²) in [6.07, 6.45) is 6.68. The Hall–Kier alpha value is -0.0900. The third-order valence-corrected chi connectivity index (χ3v) is 2.98. The maximum atomic E-state index is 10.9. The van der Waals surface area contributed by atoms with E-state index in [9.17, 15) is 8.42 Å². The van der Waals surface area contributed by atoms with E-state index in [0.29, 0.717) is 0 Å². The van der Waals surface area contributed by atoms with Crippen LogP contribution in [-0.2, 0) is 9.84 Å². The first-order valence-electron chi connectivity index (χ1n) is 4.89. The molecule has 0 spiro atoms. The molecule has 0 saturated heterocycles. The van der Waals surface area contributed by atoms with E-state index in [1.807, 2.05) is 0 Å². The summed E-state index contributed by atoms with van der Waals surface area (Å²) in [6.45, 7) is 2.15. The van der Waals surface area contributed by atoms with Gasteiger partial charge in [0.25, 0.3) is 0 Å². The first-order chi connectivity index (χ1) is 5.95. The van der Waals surface area contributed by atoms with Gasteiger partial charge in [-0.1, -0.05) is 32.6 Å². The largest absolute Gasteiger partial charge is 0.327 e. The average Bonchev–Trinajstić information content (AvgIpc) is 1.94. The van der Waals surface area contributed by atoms with Gasteiger partial charge in [0.15, 0.2) is 0 Å². The predicted molar refractivity (Wildman–Crippen MR) is 56.4 cm³/mol. The number of unbranched alkanes of at least 4 members (excludes halogenated alkanes) is 3. The third kappa shape index (κ3) is 9.83. The van der Waals surface area contributed by atoms with Crippen molar-refractivity contribution in [3.05, 3.63) is 0 Å². The van der Waals surface area contributed by atoms with E-state index in [4.69, 9.17) is 5.73 Å². The SMILES string of the molecule is CCCCCCC(N)CS(C)(=O)=O. The molecule has 0 radical (unpaired) electrons. The average molecular weight is 207 g/mol. The van der Waals surface area contributed by atoms with Gasteiger partial charge in [0.05, 0.1) is 5.75 Å². The Kier molecular flexibility index (Phi) is 6.33. The fraction of sp³-hybridized carbons (Fsp3) is 1.00. The van der Waals surface area contributed by atoms with Gasteiger partial charge in [-0.2, -0.15) is 0 Å². The van der Waals surface area contributed by atoms with Crippen molar-refractivity contribution in [1.29, 1.82) is 0 Å². The Balaban J connectivity index is 3.47. The van der Waals surface area contributed by atoms with Crippen molar-refractivity contribution in [3.63, 3.8) is 0 Å². The summed E-state index contributed by atoms with van der Waals surface area (Å²) in [5.41, 5.74) is 5.66. The second-order valence-corrected chi connectivity index (χ2v) is 5.89. The molecule has 13 heavy (non-hydrogen) atoms. The smallest absolute Gasteiger partial charge is 0.148 e. The molecule has 0 aliphatic heterocycles. The molecule has 0 fully saturated rings. The second-order valence-electron chi connectivity index (χ2n) is 3.70. The minimum absolute atomic E-state index is 0.124. The van der Waals surface area contributed by atoms with E-state index < -0.39 is 9.84 Å². The van der Waals surface area contributed by atoms with Gasteiger partial charge in [-0.05, 0) is 6.42 Å². The molecular formula is C9H21NO2S. The van der Waals surface area contributed by atoms with Crippen LogP contribution in [0.25, 0.3) is 0 Å². The molecule has 0 aromatic carbocycles. The molecule has 3 nitrogen and oxygen atoms in total. The predicted octanol–water partition coefficient (Wildman–Crippen LogP) is 1.33. The van der Waals surface area contributed by atoms with Crippen molar-refractivity contribution in [1.82, 2.24) is 0 Å². The maximum Gasteiger partial charge on any atom is 0.148 e. The minimum atomic E-state index is -2.89. The van der Waals surface area contributed by atoms with Gasteiger partial charge in [0.1, 0.15) is 9.84 Å². The zero-order valence-electron chi connectivity index (χ0n) is 8.62. The van der Waals surface area contributed by atoms with Crippen molar-refractivity contribution in [2.45, 2.75) is 45.1 Å². The molecule has 2 N–H and O–H groups in total. The van der Waals surface area contributed by atoms with E-state index in [1.54, 1.807) is 0 Å². The van der Waals surface area contributed by atoms with Crippen LogP contribution in [0.15, 0.2) is 0 Å². The molecule has 0 bridgehead atoms. The van der Waals surface area contributed by atoms with Gasteiger partial charge in [-0.15, -0.1) is 0 Å². The highest BCUT2D eigenvalue weighted by Crippen LogP contribution is 2.05. The Morgan fingerprint density at radius 2 is 1.85 bits per heavy atom. The number of sulfone groups is 1. The van der Waals surface area contributed by atoms with E-state index in [-0.39, 0.29) is 11.8 Å². The number of hydrogen-bond acceptors (Lipinski definition) is 3. The summed E-state index contributed by atoms with van der Waals surface area (Å²) in [5, 5.41) is 0. The Bertz CT molecular complexity index is 212. The summed E-state index contributed by atoms with van der Waals surface area (Å²) in [4.78, 5) is 0. The molecular weight excluding hydrogens is 186 g/mol. The molecule has 1 unspecified atom stereocenters. The molecule has 0 aromatic heterocycles. The maximum absolute atomic E-state index is 10.9. The first-order valence-corrected chi connectivity index (χ1v) is 6.95. The molecule has 0 aliphatic rings. The van der Waals surface area contributed by atoms with Crippen LogP contribution in [-0.4, -0.2) is 26.5 Å². The van der Waals surface area contributed by atoms with E-state index in [1.165, 1.54) is 19.1 Å². The molecule has 1 atom stereocenters. The van der Waals surface area contributed by atoms with E-state index >= 15 is 0 Å². The van der Waals surface area contributed by atoms with Crippen LogP contribution in [0, 0.1) is 0 Å². The Labute approximate surface area is 81.6 Å². The Morgan fingerprint density at radius 3 is 2.31 bits per heavy atom. The van der Waals surface area contributed by atoms with E-state index in [0.717, 1.165) is 19.3 Å². The topological polar surface area (TPSA) is 60.2 Å². The van der Waals surface area contributed by atoms with Gasteiger partial charge in [0.2, 0.25) is 0 Å². The van der Waals surface area contributed by atoms with Gasteiger partial charge < -0.3 is 5.73 Å². The standard InChI is InChI=1S/C9H21NO2S/c1-3-4-5-6-7-9(10)8-13(2,11)12/h9H,3-8,10H2,1-2H3. The summed E-state index contributed by atoms with van der Waals surface area (Å²) in [5.74, 6) is 0.124. The van der Waals surface area contributed by atoms with Crippen LogP contribution >= 0.6 is 0 Å². The Morgan fingerprint density at radius 1 is 1.23 bits per heavy atom. The van der Waals surface area contributed by atoms with Crippen molar-refractivity contribution in [3.8, 4) is 0 Å². The normalized spacial score (nSPS) is 14.4. The molecule has 0 aliphatic carbocycles. The lowest BCUT2D eigenvalue weighted by Gasteiger charge is -2.09. The first kappa shape index (κ1) is 12.9. The van der Waals surface area contributed by atoms with Crippen LogP contribution in [0.1, 0.15) is 39.0 Å². The summed E-state index contributed by atoms with van der Waals surface area (Å²) in [6, 6.07) is -0.174. The van der Waals surface area contributed by atoms with Gasteiger partial charge >= 0.3 is 0 Å². The van der Waals surface area contributed by atoms with Gasteiger partial charge in [-0.25, -0.2) is 8.42 Å². The molecule has 0 aromatic rings. The number of hydrogen-bond donors (Lipinski definition) is 1. The third-order valence-electron chi connectivity index (χ3n) is 1.95. The second kappa shape index (κ2) is 6.38. The summed E-state index contributed by atoms with van der Waals surface area (Å²) in [7, 11) is -2.89.